The SMILES string of the molecule is CCc1nnc(Nc2cccc([C@@H]3CN(Cc4ccc5ncccc5c4)CCO3)n2)s1. The molecule has 0 saturated carbocycles. The molecule has 1 aromatic carbocycles. The van der Waals surface area contributed by atoms with Crippen LogP contribution in [0.1, 0.15) is 29.3 Å². The van der Waals surface area contributed by atoms with Crippen molar-refractivity contribution in [1.82, 2.24) is 25.1 Å². The van der Waals surface area contributed by atoms with Gasteiger partial charge in [-0.3, -0.25) is 9.88 Å². The number of benzene rings is 1. The van der Waals surface area contributed by atoms with E-state index in [9.17, 15) is 0 Å². The molecular weight excluding hydrogens is 408 g/mol. The number of hydrogen-bond acceptors (Lipinski definition) is 8. The molecule has 1 aliphatic heterocycles. The van der Waals surface area contributed by atoms with Gasteiger partial charge in [0.2, 0.25) is 5.13 Å². The molecule has 4 aromatic rings. The van der Waals surface area contributed by atoms with E-state index >= 15 is 0 Å². The molecule has 0 unspecified atom stereocenters. The molecule has 5 rings (SSSR count). The van der Waals surface area contributed by atoms with Crippen molar-refractivity contribution in [2.75, 3.05) is 25.0 Å². The largest absolute Gasteiger partial charge is 0.369 e. The Bertz CT molecular complexity index is 1180. The number of rotatable bonds is 6. The van der Waals surface area contributed by atoms with E-state index in [1.165, 1.54) is 10.9 Å². The summed E-state index contributed by atoms with van der Waals surface area (Å²) in [5, 5.41) is 14.5. The zero-order valence-corrected chi connectivity index (χ0v) is 18.2. The molecular formula is C23H24N6OS. The van der Waals surface area contributed by atoms with Crippen LogP contribution >= 0.6 is 11.3 Å². The van der Waals surface area contributed by atoms with Gasteiger partial charge in [0.05, 0.1) is 17.8 Å². The highest BCUT2D eigenvalue weighted by atomic mass is 32.1. The predicted molar refractivity (Wildman–Crippen MR) is 123 cm³/mol. The summed E-state index contributed by atoms with van der Waals surface area (Å²) in [5.74, 6) is 0.763. The second-order valence-electron chi connectivity index (χ2n) is 7.55. The molecule has 1 saturated heterocycles. The Morgan fingerprint density at radius 1 is 1.16 bits per heavy atom. The molecule has 0 spiro atoms. The standard InChI is InChI=1S/C23H24N6OS/c1-2-22-27-28-23(31-22)26-21-7-3-6-19(25-21)20-15-29(11-12-30-20)14-16-8-9-18-17(13-16)5-4-10-24-18/h3-10,13,20H,2,11-12,14-15H2,1H3,(H,25,26,28)/t20-/m0/s1. The van der Waals surface area contributed by atoms with Crippen molar-refractivity contribution in [3.63, 3.8) is 0 Å². The Labute approximate surface area is 185 Å². The third kappa shape index (κ3) is 4.71. The van der Waals surface area contributed by atoms with Crippen LogP contribution in [0.2, 0.25) is 0 Å². The smallest absolute Gasteiger partial charge is 0.211 e. The van der Waals surface area contributed by atoms with Crippen LogP contribution in [0.15, 0.2) is 54.7 Å². The van der Waals surface area contributed by atoms with Crippen LogP contribution in [0.5, 0.6) is 0 Å². The molecule has 158 valence electrons. The van der Waals surface area contributed by atoms with Gasteiger partial charge in [-0.2, -0.15) is 0 Å². The number of ether oxygens (including phenoxy) is 1. The van der Waals surface area contributed by atoms with Crippen molar-refractivity contribution in [2.24, 2.45) is 0 Å². The summed E-state index contributed by atoms with van der Waals surface area (Å²) in [6.07, 6.45) is 2.66. The number of hydrogen-bond donors (Lipinski definition) is 1. The highest BCUT2D eigenvalue weighted by molar-refractivity contribution is 7.15. The first kappa shape index (κ1) is 20.0. The first-order chi connectivity index (χ1) is 15.3. The number of aromatic nitrogens is 4. The number of anilines is 2. The van der Waals surface area contributed by atoms with Gasteiger partial charge in [-0.1, -0.05) is 36.5 Å². The number of nitrogens with zero attached hydrogens (tertiary/aromatic N) is 5. The zero-order chi connectivity index (χ0) is 21.0. The molecule has 1 fully saturated rings. The van der Waals surface area contributed by atoms with Gasteiger partial charge in [-0.15, -0.1) is 10.2 Å². The van der Waals surface area contributed by atoms with Crippen LogP contribution in [0.4, 0.5) is 10.9 Å². The summed E-state index contributed by atoms with van der Waals surface area (Å²) in [6.45, 7) is 5.36. The Morgan fingerprint density at radius 2 is 2.13 bits per heavy atom. The van der Waals surface area contributed by atoms with Crippen LogP contribution in [-0.2, 0) is 17.7 Å². The summed E-state index contributed by atoms with van der Waals surface area (Å²) in [4.78, 5) is 11.6. The lowest BCUT2D eigenvalue weighted by Crippen LogP contribution is -2.38. The van der Waals surface area contributed by atoms with Crippen LogP contribution in [-0.4, -0.2) is 44.8 Å². The van der Waals surface area contributed by atoms with Gasteiger partial charge >= 0.3 is 0 Å². The maximum atomic E-state index is 6.06. The van der Waals surface area contributed by atoms with E-state index in [4.69, 9.17) is 9.72 Å². The highest BCUT2D eigenvalue weighted by Crippen LogP contribution is 2.25. The molecule has 1 atom stereocenters. The van der Waals surface area contributed by atoms with Gasteiger partial charge in [0.25, 0.3) is 0 Å². The zero-order valence-electron chi connectivity index (χ0n) is 17.4. The first-order valence-electron chi connectivity index (χ1n) is 10.5. The lowest BCUT2D eigenvalue weighted by Gasteiger charge is -2.32. The molecule has 7 nitrogen and oxygen atoms in total. The predicted octanol–water partition coefficient (Wildman–Crippen LogP) is 4.36. The lowest BCUT2D eigenvalue weighted by molar-refractivity contribution is -0.0349. The van der Waals surface area contributed by atoms with Crippen molar-refractivity contribution in [2.45, 2.75) is 26.0 Å². The van der Waals surface area contributed by atoms with Gasteiger partial charge in [-0.25, -0.2) is 4.98 Å². The van der Waals surface area contributed by atoms with Crippen molar-refractivity contribution < 1.29 is 4.74 Å². The summed E-state index contributed by atoms with van der Waals surface area (Å²) >= 11 is 1.55. The first-order valence-corrected chi connectivity index (χ1v) is 11.3. The summed E-state index contributed by atoms with van der Waals surface area (Å²) in [5.41, 5.74) is 3.24. The summed E-state index contributed by atoms with van der Waals surface area (Å²) in [7, 11) is 0. The van der Waals surface area contributed by atoms with E-state index in [0.29, 0.717) is 6.61 Å². The van der Waals surface area contributed by atoms with Gasteiger partial charge in [0.15, 0.2) is 0 Å². The van der Waals surface area contributed by atoms with Crippen LogP contribution in [0.3, 0.4) is 0 Å². The number of morpholine rings is 1. The number of pyridine rings is 2. The monoisotopic (exact) mass is 432 g/mol. The average molecular weight is 433 g/mol. The van der Waals surface area contributed by atoms with Crippen molar-refractivity contribution in [3.8, 4) is 0 Å². The Kier molecular flexibility index (Phi) is 5.84. The van der Waals surface area contributed by atoms with E-state index in [2.05, 4.69) is 56.6 Å². The normalized spacial score (nSPS) is 17.1. The van der Waals surface area contributed by atoms with E-state index in [0.717, 1.165) is 53.2 Å². The molecule has 3 aromatic heterocycles. The Balaban J connectivity index is 1.27. The van der Waals surface area contributed by atoms with E-state index in [-0.39, 0.29) is 6.10 Å². The third-order valence-corrected chi connectivity index (χ3v) is 6.31. The molecule has 0 aliphatic carbocycles. The fraction of sp³-hybridized carbons (Fsp3) is 0.304. The lowest BCUT2D eigenvalue weighted by atomic mass is 10.1. The third-order valence-electron chi connectivity index (χ3n) is 5.33. The molecule has 0 bridgehead atoms. The summed E-state index contributed by atoms with van der Waals surface area (Å²) < 4.78 is 6.06. The van der Waals surface area contributed by atoms with Gasteiger partial charge in [0.1, 0.15) is 16.9 Å². The van der Waals surface area contributed by atoms with E-state index < -0.39 is 0 Å². The van der Waals surface area contributed by atoms with Crippen LogP contribution < -0.4 is 5.32 Å². The number of nitrogens with one attached hydrogen (secondary N) is 1. The molecule has 1 aliphatic rings. The fourth-order valence-corrected chi connectivity index (χ4v) is 4.45. The van der Waals surface area contributed by atoms with Gasteiger partial charge in [-0.05, 0) is 42.3 Å². The van der Waals surface area contributed by atoms with E-state index in [1.807, 2.05) is 30.5 Å². The van der Waals surface area contributed by atoms with Gasteiger partial charge in [0, 0.05) is 31.2 Å². The average Bonchev–Trinajstić information content (AvgIpc) is 3.27. The molecule has 1 N–H and O–H groups in total. The van der Waals surface area contributed by atoms with Crippen molar-refractivity contribution >= 4 is 33.2 Å². The van der Waals surface area contributed by atoms with Crippen molar-refractivity contribution in [1.29, 1.82) is 0 Å². The van der Waals surface area contributed by atoms with Crippen molar-refractivity contribution in [3.05, 3.63) is 71.0 Å². The maximum Gasteiger partial charge on any atom is 0.211 e. The maximum absolute atomic E-state index is 6.06. The second kappa shape index (κ2) is 9.05. The molecule has 31 heavy (non-hydrogen) atoms. The molecule has 8 heteroatoms. The van der Waals surface area contributed by atoms with Crippen LogP contribution in [0, 0.1) is 0 Å². The minimum absolute atomic E-state index is 0.0572. The van der Waals surface area contributed by atoms with E-state index in [1.54, 1.807) is 11.3 Å². The minimum atomic E-state index is -0.0572. The summed E-state index contributed by atoms with van der Waals surface area (Å²) in [6, 6.07) is 16.5. The van der Waals surface area contributed by atoms with Crippen LogP contribution in [0.25, 0.3) is 10.9 Å². The number of aryl methyl sites for hydroxylation is 1. The Morgan fingerprint density at radius 3 is 3.03 bits per heavy atom. The molecule has 0 amide bonds. The quantitative estimate of drug-likeness (QED) is 0.485. The number of fused-ring (bicyclic) bond motifs is 1. The topological polar surface area (TPSA) is 76.1 Å². The molecule has 0 radical (unpaired) electrons. The highest BCUT2D eigenvalue weighted by Gasteiger charge is 2.23. The Hall–Kier alpha value is -2.94. The fourth-order valence-electron chi connectivity index (χ4n) is 3.76. The minimum Gasteiger partial charge on any atom is -0.369 e. The second-order valence-corrected chi connectivity index (χ2v) is 8.61. The molecule has 4 heterocycles. The van der Waals surface area contributed by atoms with Gasteiger partial charge < -0.3 is 10.1 Å².